The molecular formula is C24H20N2O5S. The van der Waals surface area contributed by atoms with Gasteiger partial charge in [-0.3, -0.25) is 0 Å². The van der Waals surface area contributed by atoms with Crippen molar-refractivity contribution in [1.82, 2.24) is 4.98 Å². The van der Waals surface area contributed by atoms with Gasteiger partial charge in [-0.2, -0.15) is 4.98 Å². The molecule has 0 saturated heterocycles. The van der Waals surface area contributed by atoms with Crippen molar-refractivity contribution in [2.45, 2.75) is 16.8 Å². The highest BCUT2D eigenvalue weighted by atomic mass is 32.2. The Morgan fingerprint density at radius 3 is 2.34 bits per heavy atom. The Hall–Kier alpha value is -3.78. The summed E-state index contributed by atoms with van der Waals surface area (Å²) in [6.45, 7) is 2.76. The molecule has 5 rings (SSSR count). The maximum atomic E-state index is 13.6. The van der Waals surface area contributed by atoms with Gasteiger partial charge in [0.05, 0.1) is 4.90 Å². The topological polar surface area (TPSA) is 90.7 Å². The lowest BCUT2D eigenvalue weighted by Gasteiger charge is -2.18. The lowest BCUT2D eigenvalue weighted by molar-refractivity contribution is 0.171. The average molecular weight is 449 g/mol. The van der Waals surface area contributed by atoms with Crippen molar-refractivity contribution in [2.75, 3.05) is 18.5 Å². The van der Waals surface area contributed by atoms with Crippen LogP contribution in [0.2, 0.25) is 0 Å². The highest BCUT2D eigenvalue weighted by Crippen LogP contribution is 2.37. The molecule has 0 fully saturated rings. The van der Waals surface area contributed by atoms with Gasteiger partial charge in [-0.05, 0) is 43.3 Å². The number of nitrogens with one attached hydrogen (secondary N) is 1. The molecule has 0 aliphatic carbocycles. The third-order valence-electron chi connectivity index (χ3n) is 5.00. The van der Waals surface area contributed by atoms with Crippen LogP contribution in [0, 0.1) is 6.92 Å². The summed E-state index contributed by atoms with van der Waals surface area (Å²) in [5.74, 6) is 1.15. The van der Waals surface area contributed by atoms with Crippen LogP contribution in [0.1, 0.15) is 5.56 Å². The predicted molar refractivity (Wildman–Crippen MR) is 119 cm³/mol. The molecule has 0 atom stereocenters. The van der Waals surface area contributed by atoms with E-state index in [0.29, 0.717) is 36.0 Å². The molecule has 2 heterocycles. The molecular weight excluding hydrogens is 428 g/mol. The Morgan fingerprint density at radius 2 is 1.59 bits per heavy atom. The molecule has 1 aliphatic heterocycles. The molecule has 8 heteroatoms. The summed E-state index contributed by atoms with van der Waals surface area (Å²) in [6.07, 6.45) is 0. The summed E-state index contributed by atoms with van der Waals surface area (Å²) >= 11 is 0. The third-order valence-corrected chi connectivity index (χ3v) is 6.67. The maximum Gasteiger partial charge on any atom is 0.238 e. The smallest absolute Gasteiger partial charge is 0.238 e. The molecule has 1 aliphatic rings. The van der Waals surface area contributed by atoms with Gasteiger partial charge >= 0.3 is 0 Å². The second-order valence-corrected chi connectivity index (χ2v) is 9.18. The zero-order valence-corrected chi connectivity index (χ0v) is 18.1. The minimum absolute atomic E-state index is 0.0432. The molecule has 0 spiro atoms. The molecule has 32 heavy (non-hydrogen) atoms. The van der Waals surface area contributed by atoms with Gasteiger partial charge in [-0.15, -0.1) is 0 Å². The summed E-state index contributed by atoms with van der Waals surface area (Å²) in [4.78, 5) is 4.42. The first-order valence-corrected chi connectivity index (χ1v) is 11.5. The van der Waals surface area contributed by atoms with Gasteiger partial charge in [0.25, 0.3) is 0 Å². The Kier molecular flexibility index (Phi) is 5.07. The van der Waals surface area contributed by atoms with Gasteiger partial charge in [-0.25, -0.2) is 8.42 Å². The summed E-state index contributed by atoms with van der Waals surface area (Å²) in [5.41, 5.74) is 2.43. The van der Waals surface area contributed by atoms with Gasteiger partial charge in [0, 0.05) is 17.3 Å². The van der Waals surface area contributed by atoms with Crippen molar-refractivity contribution in [3.8, 4) is 23.0 Å². The lowest BCUT2D eigenvalue weighted by atomic mass is 10.1. The number of ether oxygens (including phenoxy) is 2. The number of aromatic nitrogens is 1. The minimum atomic E-state index is -4.02. The summed E-state index contributed by atoms with van der Waals surface area (Å²) < 4.78 is 44.1. The SMILES string of the molecule is Cc1ccc(-c2nc(S(=O)(=O)c3ccc4c(c3)OCCO4)c(Nc3ccccc3)o2)cc1. The number of hydrogen-bond donors (Lipinski definition) is 1. The van der Waals surface area contributed by atoms with Gasteiger partial charge < -0.3 is 19.2 Å². The number of para-hydroxylation sites is 1. The predicted octanol–water partition coefficient (Wildman–Crippen LogP) is 5.00. The number of sulfone groups is 1. The van der Waals surface area contributed by atoms with Gasteiger partial charge in [0.15, 0.2) is 11.5 Å². The van der Waals surface area contributed by atoms with E-state index in [-0.39, 0.29) is 21.7 Å². The highest BCUT2D eigenvalue weighted by molar-refractivity contribution is 7.91. The van der Waals surface area contributed by atoms with E-state index in [1.165, 1.54) is 12.1 Å². The number of aryl methyl sites for hydroxylation is 1. The first kappa shape index (κ1) is 20.1. The molecule has 0 amide bonds. The molecule has 1 N–H and O–H groups in total. The lowest BCUT2D eigenvalue weighted by Crippen LogP contribution is -2.16. The normalized spacial score (nSPS) is 13.0. The fraction of sp³-hybridized carbons (Fsp3) is 0.125. The standard InChI is InChI=1S/C24H20N2O5S/c1-16-7-9-17(10-8-16)22-26-24(23(31-22)25-18-5-3-2-4-6-18)32(27,28)19-11-12-20-21(15-19)30-14-13-29-20/h2-12,15,25H,13-14H2,1H3. The largest absolute Gasteiger partial charge is 0.486 e. The van der Waals surface area contributed by atoms with Crippen molar-refractivity contribution in [3.05, 3.63) is 78.4 Å². The van der Waals surface area contributed by atoms with E-state index in [9.17, 15) is 8.42 Å². The van der Waals surface area contributed by atoms with Crippen molar-refractivity contribution >= 4 is 21.4 Å². The Labute approximate surface area is 185 Å². The highest BCUT2D eigenvalue weighted by Gasteiger charge is 2.30. The van der Waals surface area contributed by atoms with E-state index in [2.05, 4.69) is 10.3 Å². The first-order chi connectivity index (χ1) is 15.5. The van der Waals surface area contributed by atoms with Crippen molar-refractivity contribution in [3.63, 3.8) is 0 Å². The number of nitrogens with zero attached hydrogens (tertiary/aromatic N) is 1. The van der Waals surface area contributed by atoms with Crippen LogP contribution in [-0.4, -0.2) is 26.6 Å². The van der Waals surface area contributed by atoms with Crippen LogP contribution in [0.5, 0.6) is 11.5 Å². The van der Waals surface area contributed by atoms with Crippen LogP contribution in [0.25, 0.3) is 11.5 Å². The first-order valence-electron chi connectivity index (χ1n) is 10.1. The van der Waals surface area contributed by atoms with Gasteiger partial charge in [-0.1, -0.05) is 35.9 Å². The molecule has 1 aromatic heterocycles. The molecule has 162 valence electrons. The Bertz CT molecular complexity index is 1360. The fourth-order valence-electron chi connectivity index (χ4n) is 3.34. The molecule has 0 radical (unpaired) electrons. The number of oxazole rings is 1. The van der Waals surface area contributed by atoms with Crippen LogP contribution in [0.15, 0.2) is 87.1 Å². The zero-order chi connectivity index (χ0) is 22.1. The zero-order valence-electron chi connectivity index (χ0n) is 17.2. The molecule has 0 bridgehead atoms. The number of benzene rings is 3. The fourth-order valence-corrected chi connectivity index (χ4v) is 4.61. The molecule has 7 nitrogen and oxygen atoms in total. The summed E-state index contributed by atoms with van der Waals surface area (Å²) in [7, 11) is -4.02. The van der Waals surface area contributed by atoms with Crippen molar-refractivity contribution < 1.29 is 22.3 Å². The maximum absolute atomic E-state index is 13.6. The molecule has 0 saturated carbocycles. The molecule has 0 unspecified atom stereocenters. The van der Waals surface area contributed by atoms with Crippen LogP contribution < -0.4 is 14.8 Å². The van der Waals surface area contributed by atoms with E-state index >= 15 is 0 Å². The van der Waals surface area contributed by atoms with Crippen LogP contribution in [0.4, 0.5) is 11.6 Å². The average Bonchev–Trinajstić information content (AvgIpc) is 3.24. The van der Waals surface area contributed by atoms with E-state index in [1.54, 1.807) is 6.07 Å². The Balaban J connectivity index is 1.61. The quantitative estimate of drug-likeness (QED) is 0.459. The summed E-state index contributed by atoms with van der Waals surface area (Å²) in [5, 5.41) is 2.85. The number of fused-ring (bicyclic) bond motifs is 1. The summed E-state index contributed by atoms with van der Waals surface area (Å²) in [6, 6.07) is 21.2. The van der Waals surface area contributed by atoms with Gasteiger partial charge in [0.2, 0.25) is 26.6 Å². The Morgan fingerprint density at radius 1 is 0.875 bits per heavy atom. The van der Waals surface area contributed by atoms with E-state index < -0.39 is 9.84 Å². The number of hydrogen-bond acceptors (Lipinski definition) is 7. The molecule has 3 aromatic carbocycles. The van der Waals surface area contributed by atoms with E-state index in [1.807, 2.05) is 61.5 Å². The monoisotopic (exact) mass is 448 g/mol. The number of rotatable bonds is 5. The second kappa shape index (κ2) is 8.05. The van der Waals surface area contributed by atoms with Crippen LogP contribution >= 0.6 is 0 Å². The van der Waals surface area contributed by atoms with E-state index in [0.717, 1.165) is 5.56 Å². The van der Waals surface area contributed by atoms with Gasteiger partial charge in [0.1, 0.15) is 13.2 Å². The number of anilines is 2. The van der Waals surface area contributed by atoms with E-state index in [4.69, 9.17) is 13.9 Å². The van der Waals surface area contributed by atoms with Crippen LogP contribution in [0.3, 0.4) is 0 Å². The van der Waals surface area contributed by atoms with Crippen molar-refractivity contribution in [1.29, 1.82) is 0 Å². The second-order valence-electron chi connectivity index (χ2n) is 7.32. The minimum Gasteiger partial charge on any atom is -0.486 e. The van der Waals surface area contributed by atoms with Crippen LogP contribution in [-0.2, 0) is 9.84 Å². The molecule has 4 aromatic rings. The third kappa shape index (κ3) is 3.80. The van der Waals surface area contributed by atoms with Crippen molar-refractivity contribution in [2.24, 2.45) is 0 Å².